The predicted molar refractivity (Wildman–Crippen MR) is 81.6 cm³/mol. The van der Waals surface area contributed by atoms with E-state index in [0.717, 1.165) is 10.0 Å². The lowest BCUT2D eigenvalue weighted by molar-refractivity contribution is 0.600. The molecular weight excluding hydrogens is 396 g/mol. The van der Waals surface area contributed by atoms with Crippen LogP contribution in [0.5, 0.6) is 0 Å². The minimum absolute atomic E-state index is 0.183. The van der Waals surface area contributed by atoms with E-state index in [4.69, 9.17) is 0 Å². The van der Waals surface area contributed by atoms with Crippen LogP contribution in [0.3, 0.4) is 0 Å². The summed E-state index contributed by atoms with van der Waals surface area (Å²) < 4.78 is 28.2. The quantitative estimate of drug-likeness (QED) is 0.846. The van der Waals surface area contributed by atoms with Crippen LogP contribution in [0.4, 0.5) is 5.82 Å². The van der Waals surface area contributed by atoms with Gasteiger partial charge in [0.05, 0.1) is 0 Å². The Morgan fingerprint density at radius 2 is 1.89 bits per heavy atom. The van der Waals surface area contributed by atoms with Gasteiger partial charge in [0.1, 0.15) is 10.7 Å². The minimum atomic E-state index is -3.65. The van der Waals surface area contributed by atoms with Gasteiger partial charge in [-0.2, -0.15) is 0 Å². The Bertz CT molecular complexity index is 700. The van der Waals surface area contributed by atoms with Crippen molar-refractivity contribution in [1.29, 1.82) is 0 Å². The summed E-state index contributed by atoms with van der Waals surface area (Å²) in [5, 5.41) is 0. The van der Waals surface area contributed by atoms with Crippen LogP contribution in [-0.2, 0) is 10.0 Å². The number of aromatic nitrogens is 1. The Kier molecular flexibility index (Phi) is 4.27. The lowest BCUT2D eigenvalue weighted by Gasteiger charge is -2.09. The highest BCUT2D eigenvalue weighted by Gasteiger charge is 2.18. The second-order valence-electron chi connectivity index (χ2n) is 3.90. The van der Waals surface area contributed by atoms with Crippen molar-refractivity contribution in [1.82, 2.24) is 4.98 Å². The van der Waals surface area contributed by atoms with E-state index >= 15 is 0 Å². The Morgan fingerprint density at radius 1 is 1.16 bits per heavy atom. The first-order valence-electron chi connectivity index (χ1n) is 5.29. The number of pyridine rings is 1. The molecule has 0 aliphatic rings. The van der Waals surface area contributed by atoms with E-state index in [0.29, 0.717) is 4.47 Å². The fraction of sp³-hybridized carbons (Fsp3) is 0.0833. The highest BCUT2D eigenvalue weighted by Crippen LogP contribution is 2.25. The molecule has 0 saturated carbocycles. The first-order chi connectivity index (χ1) is 8.88. The SMILES string of the molecule is Cc1ccc(S(=O)(=O)Nc2ccc(Br)cn2)c(Br)c1. The van der Waals surface area contributed by atoms with Gasteiger partial charge < -0.3 is 0 Å². The molecule has 0 amide bonds. The van der Waals surface area contributed by atoms with Crippen molar-refractivity contribution >= 4 is 47.7 Å². The molecule has 2 aromatic rings. The van der Waals surface area contributed by atoms with Crippen LogP contribution in [0.25, 0.3) is 0 Å². The molecule has 0 unspecified atom stereocenters. The summed E-state index contributed by atoms with van der Waals surface area (Å²) in [5.41, 5.74) is 0.979. The van der Waals surface area contributed by atoms with Crippen LogP contribution in [-0.4, -0.2) is 13.4 Å². The van der Waals surface area contributed by atoms with E-state index in [-0.39, 0.29) is 10.7 Å². The number of nitrogens with one attached hydrogen (secondary N) is 1. The molecule has 0 atom stereocenters. The lowest BCUT2D eigenvalue weighted by Crippen LogP contribution is -2.14. The van der Waals surface area contributed by atoms with E-state index in [1.807, 2.05) is 6.92 Å². The molecule has 100 valence electrons. The lowest BCUT2D eigenvalue weighted by atomic mass is 10.2. The number of aryl methyl sites for hydroxylation is 1. The normalized spacial score (nSPS) is 11.3. The van der Waals surface area contributed by atoms with Crippen LogP contribution in [0.2, 0.25) is 0 Å². The third-order valence-electron chi connectivity index (χ3n) is 2.34. The molecule has 0 bridgehead atoms. The Balaban J connectivity index is 2.35. The van der Waals surface area contributed by atoms with Crippen LogP contribution in [0.15, 0.2) is 50.4 Å². The molecule has 1 aromatic carbocycles. The van der Waals surface area contributed by atoms with Crippen LogP contribution < -0.4 is 4.72 Å². The molecule has 0 spiro atoms. The number of nitrogens with zero attached hydrogens (tertiary/aromatic N) is 1. The highest BCUT2D eigenvalue weighted by molar-refractivity contribution is 9.10. The third kappa shape index (κ3) is 3.55. The first kappa shape index (κ1) is 14.5. The largest absolute Gasteiger partial charge is 0.264 e. The summed E-state index contributed by atoms with van der Waals surface area (Å²) in [4.78, 5) is 4.17. The molecule has 0 radical (unpaired) electrons. The second kappa shape index (κ2) is 5.60. The number of benzene rings is 1. The summed E-state index contributed by atoms with van der Waals surface area (Å²) in [6, 6.07) is 8.36. The molecule has 4 nitrogen and oxygen atoms in total. The summed E-state index contributed by atoms with van der Waals surface area (Å²) in [6.07, 6.45) is 1.53. The Morgan fingerprint density at radius 3 is 2.47 bits per heavy atom. The molecule has 2 rings (SSSR count). The topological polar surface area (TPSA) is 59.1 Å². The van der Waals surface area contributed by atoms with Crippen LogP contribution >= 0.6 is 31.9 Å². The van der Waals surface area contributed by atoms with Crippen molar-refractivity contribution in [3.05, 3.63) is 51.0 Å². The smallest absolute Gasteiger partial charge is 0.263 e. The molecule has 7 heteroatoms. The van der Waals surface area contributed by atoms with Gasteiger partial charge in [-0.1, -0.05) is 6.07 Å². The highest BCUT2D eigenvalue weighted by atomic mass is 79.9. The standard InChI is InChI=1S/C12H10Br2N2O2S/c1-8-2-4-11(10(14)6-8)19(17,18)16-12-5-3-9(13)7-15-12/h2-7H,1H3,(H,15,16). The zero-order valence-electron chi connectivity index (χ0n) is 9.89. The number of hydrogen-bond acceptors (Lipinski definition) is 3. The zero-order chi connectivity index (χ0) is 14.0. The van der Waals surface area contributed by atoms with Crippen molar-refractivity contribution in [2.75, 3.05) is 4.72 Å². The minimum Gasteiger partial charge on any atom is -0.263 e. The maximum Gasteiger partial charge on any atom is 0.264 e. The summed E-state index contributed by atoms with van der Waals surface area (Å²) in [6.45, 7) is 1.89. The fourth-order valence-electron chi connectivity index (χ4n) is 1.45. The van der Waals surface area contributed by atoms with Gasteiger partial charge in [-0.05, 0) is 68.6 Å². The number of anilines is 1. The molecular formula is C12H10Br2N2O2S. The van der Waals surface area contributed by atoms with Crippen molar-refractivity contribution in [2.24, 2.45) is 0 Å². The van der Waals surface area contributed by atoms with Gasteiger partial charge in [-0.15, -0.1) is 0 Å². The summed E-state index contributed by atoms with van der Waals surface area (Å²) in [5.74, 6) is 0.274. The molecule has 1 aromatic heterocycles. The average Bonchev–Trinajstić information content (AvgIpc) is 2.31. The van der Waals surface area contributed by atoms with Gasteiger partial charge in [0, 0.05) is 15.1 Å². The van der Waals surface area contributed by atoms with Gasteiger partial charge in [0.15, 0.2) is 0 Å². The molecule has 0 fully saturated rings. The molecule has 0 aliphatic heterocycles. The van der Waals surface area contributed by atoms with Crippen molar-refractivity contribution in [2.45, 2.75) is 11.8 Å². The average molecular weight is 406 g/mol. The maximum absolute atomic E-state index is 12.2. The Labute approximate surface area is 128 Å². The third-order valence-corrected chi connectivity index (χ3v) is 5.14. The van der Waals surface area contributed by atoms with E-state index in [9.17, 15) is 8.42 Å². The molecule has 1 heterocycles. The van der Waals surface area contributed by atoms with E-state index in [1.165, 1.54) is 6.20 Å². The maximum atomic E-state index is 12.2. The predicted octanol–water partition coefficient (Wildman–Crippen LogP) is 3.72. The number of hydrogen-bond donors (Lipinski definition) is 1. The van der Waals surface area contributed by atoms with Crippen molar-refractivity contribution < 1.29 is 8.42 Å². The van der Waals surface area contributed by atoms with Gasteiger partial charge >= 0.3 is 0 Å². The summed E-state index contributed by atoms with van der Waals surface area (Å²) >= 11 is 6.50. The van der Waals surface area contributed by atoms with Gasteiger partial charge in [0.25, 0.3) is 10.0 Å². The first-order valence-corrected chi connectivity index (χ1v) is 8.36. The van der Waals surface area contributed by atoms with Gasteiger partial charge in [-0.3, -0.25) is 4.72 Å². The Hall–Kier alpha value is -0.920. The molecule has 1 N–H and O–H groups in total. The summed E-state index contributed by atoms with van der Waals surface area (Å²) in [7, 11) is -3.65. The van der Waals surface area contributed by atoms with E-state index < -0.39 is 10.0 Å². The van der Waals surface area contributed by atoms with Crippen LogP contribution in [0, 0.1) is 6.92 Å². The monoisotopic (exact) mass is 404 g/mol. The second-order valence-corrected chi connectivity index (χ2v) is 7.32. The van der Waals surface area contributed by atoms with Gasteiger partial charge in [-0.25, -0.2) is 13.4 Å². The van der Waals surface area contributed by atoms with Crippen molar-refractivity contribution in [3.63, 3.8) is 0 Å². The molecule has 0 aliphatic carbocycles. The van der Waals surface area contributed by atoms with Crippen LogP contribution in [0.1, 0.15) is 5.56 Å². The number of halogens is 2. The van der Waals surface area contributed by atoms with Crippen molar-refractivity contribution in [3.8, 4) is 0 Å². The zero-order valence-corrected chi connectivity index (χ0v) is 13.9. The molecule has 0 saturated heterocycles. The number of rotatable bonds is 3. The fourth-order valence-corrected chi connectivity index (χ4v) is 3.89. The molecule has 19 heavy (non-hydrogen) atoms. The van der Waals surface area contributed by atoms with E-state index in [2.05, 4.69) is 41.6 Å². The number of sulfonamides is 1. The van der Waals surface area contributed by atoms with Gasteiger partial charge in [0.2, 0.25) is 0 Å². The van der Waals surface area contributed by atoms with E-state index in [1.54, 1.807) is 30.3 Å².